The van der Waals surface area contributed by atoms with Crippen molar-refractivity contribution in [2.24, 2.45) is 0 Å². The molecule has 0 amide bonds. The molecular weight excluding hydrogens is 260 g/mol. The fourth-order valence-electron chi connectivity index (χ4n) is 2.45. The summed E-state index contributed by atoms with van der Waals surface area (Å²) in [4.78, 5) is 13.2. The molecule has 0 saturated carbocycles. The molecule has 0 spiro atoms. The highest BCUT2D eigenvalue weighted by atomic mass is 15.1. The fraction of sp³-hybridized carbons (Fsp3) is 0. The van der Waals surface area contributed by atoms with E-state index in [0.29, 0.717) is 5.95 Å². The number of nitrogens with one attached hydrogen (secondary N) is 1. The first kappa shape index (κ1) is 11.8. The van der Waals surface area contributed by atoms with E-state index in [1.165, 1.54) is 0 Å². The van der Waals surface area contributed by atoms with Gasteiger partial charge in [-0.1, -0.05) is 36.4 Å². The molecule has 0 radical (unpaired) electrons. The van der Waals surface area contributed by atoms with Crippen molar-refractivity contribution < 1.29 is 0 Å². The number of nitrogens with zero attached hydrogens (tertiary/aromatic N) is 3. The summed E-state index contributed by atoms with van der Waals surface area (Å²) in [6, 6.07) is 17.9. The van der Waals surface area contributed by atoms with E-state index >= 15 is 0 Å². The van der Waals surface area contributed by atoms with Crippen molar-refractivity contribution in [3.8, 4) is 0 Å². The van der Waals surface area contributed by atoms with Gasteiger partial charge in [0.2, 0.25) is 5.95 Å². The van der Waals surface area contributed by atoms with Crippen LogP contribution in [0.3, 0.4) is 0 Å². The van der Waals surface area contributed by atoms with Crippen LogP contribution < -0.4 is 5.32 Å². The van der Waals surface area contributed by atoms with E-state index in [1.54, 1.807) is 18.5 Å². The number of hydrogen-bond acceptors (Lipinski definition) is 4. The van der Waals surface area contributed by atoms with Crippen molar-refractivity contribution in [1.29, 1.82) is 0 Å². The molecule has 0 aliphatic carbocycles. The van der Waals surface area contributed by atoms with Crippen molar-refractivity contribution in [3.63, 3.8) is 0 Å². The van der Waals surface area contributed by atoms with Crippen molar-refractivity contribution >= 4 is 33.4 Å². The Bertz CT molecular complexity index is 865. The summed E-state index contributed by atoms with van der Waals surface area (Å²) in [6.07, 6.45) is 3.45. The SMILES string of the molecule is c1cnc(Nc2c3ccccc3nc3ccccc23)nc1. The van der Waals surface area contributed by atoms with Gasteiger partial charge in [0, 0.05) is 23.2 Å². The molecule has 4 aromatic rings. The number of aromatic nitrogens is 3. The molecule has 0 atom stereocenters. The summed E-state index contributed by atoms with van der Waals surface area (Å²) in [5.41, 5.74) is 2.90. The molecule has 0 bridgehead atoms. The number of fused-ring (bicyclic) bond motifs is 2. The second-order valence-corrected chi connectivity index (χ2v) is 4.72. The molecule has 0 saturated heterocycles. The number of anilines is 2. The Hall–Kier alpha value is -3.01. The Morgan fingerprint density at radius 2 is 1.24 bits per heavy atom. The third-order valence-corrected chi connectivity index (χ3v) is 3.39. The van der Waals surface area contributed by atoms with E-state index in [-0.39, 0.29) is 0 Å². The van der Waals surface area contributed by atoms with Crippen LogP contribution in [0.5, 0.6) is 0 Å². The zero-order valence-electron chi connectivity index (χ0n) is 11.2. The first-order valence-electron chi connectivity index (χ1n) is 6.73. The van der Waals surface area contributed by atoms with E-state index in [0.717, 1.165) is 27.5 Å². The topological polar surface area (TPSA) is 50.7 Å². The molecule has 2 aromatic heterocycles. The molecule has 0 fully saturated rings. The van der Waals surface area contributed by atoms with Gasteiger partial charge < -0.3 is 5.32 Å². The minimum Gasteiger partial charge on any atom is -0.323 e. The summed E-state index contributed by atoms with van der Waals surface area (Å²) < 4.78 is 0. The average molecular weight is 272 g/mol. The molecular formula is C17H12N4. The quantitative estimate of drug-likeness (QED) is 0.562. The molecule has 1 N–H and O–H groups in total. The molecule has 4 rings (SSSR count). The maximum absolute atomic E-state index is 4.70. The van der Waals surface area contributed by atoms with Gasteiger partial charge in [-0.2, -0.15) is 0 Å². The molecule has 0 unspecified atom stereocenters. The summed E-state index contributed by atoms with van der Waals surface area (Å²) >= 11 is 0. The van der Waals surface area contributed by atoms with Crippen LogP contribution >= 0.6 is 0 Å². The van der Waals surface area contributed by atoms with Crippen molar-refractivity contribution in [2.45, 2.75) is 0 Å². The Kier molecular flexibility index (Phi) is 2.71. The summed E-state index contributed by atoms with van der Waals surface area (Å²) in [6.45, 7) is 0. The Labute approximate surface area is 121 Å². The number of rotatable bonds is 2. The van der Waals surface area contributed by atoms with Crippen LogP contribution in [0.4, 0.5) is 11.6 Å². The maximum atomic E-state index is 4.70. The van der Waals surface area contributed by atoms with Crippen LogP contribution in [0, 0.1) is 0 Å². The summed E-state index contributed by atoms with van der Waals surface area (Å²) in [5, 5.41) is 5.45. The molecule has 4 nitrogen and oxygen atoms in total. The van der Waals surface area contributed by atoms with Crippen LogP contribution in [0.1, 0.15) is 0 Å². The number of benzene rings is 2. The molecule has 2 aromatic carbocycles. The molecule has 2 heterocycles. The normalized spacial score (nSPS) is 10.9. The van der Waals surface area contributed by atoms with Crippen LogP contribution in [0.2, 0.25) is 0 Å². The minimum atomic E-state index is 0.582. The van der Waals surface area contributed by atoms with Gasteiger partial charge in [0.25, 0.3) is 0 Å². The van der Waals surface area contributed by atoms with Gasteiger partial charge in [-0.3, -0.25) is 0 Å². The highest BCUT2D eigenvalue weighted by Crippen LogP contribution is 2.31. The highest BCUT2D eigenvalue weighted by molar-refractivity contribution is 6.08. The van der Waals surface area contributed by atoms with Gasteiger partial charge in [-0.15, -0.1) is 0 Å². The Balaban J connectivity index is 2.02. The Morgan fingerprint density at radius 3 is 1.86 bits per heavy atom. The van der Waals surface area contributed by atoms with E-state index in [1.807, 2.05) is 36.4 Å². The lowest BCUT2D eigenvalue weighted by atomic mass is 10.1. The van der Waals surface area contributed by atoms with E-state index in [4.69, 9.17) is 4.98 Å². The number of pyridine rings is 1. The smallest absolute Gasteiger partial charge is 0.227 e. The zero-order chi connectivity index (χ0) is 14.1. The maximum Gasteiger partial charge on any atom is 0.227 e. The fourth-order valence-corrected chi connectivity index (χ4v) is 2.45. The van der Waals surface area contributed by atoms with Crippen molar-refractivity contribution in [1.82, 2.24) is 15.0 Å². The molecule has 21 heavy (non-hydrogen) atoms. The van der Waals surface area contributed by atoms with Crippen LogP contribution in [-0.2, 0) is 0 Å². The van der Waals surface area contributed by atoms with E-state index in [2.05, 4.69) is 27.4 Å². The molecule has 0 aliphatic rings. The minimum absolute atomic E-state index is 0.582. The lowest BCUT2D eigenvalue weighted by Crippen LogP contribution is -1.98. The first-order chi connectivity index (χ1) is 10.4. The van der Waals surface area contributed by atoms with Gasteiger partial charge in [0.15, 0.2) is 0 Å². The van der Waals surface area contributed by atoms with Gasteiger partial charge in [0.05, 0.1) is 16.7 Å². The molecule has 0 aliphatic heterocycles. The second kappa shape index (κ2) is 4.83. The van der Waals surface area contributed by atoms with E-state index < -0.39 is 0 Å². The van der Waals surface area contributed by atoms with Crippen molar-refractivity contribution in [2.75, 3.05) is 5.32 Å². The predicted molar refractivity (Wildman–Crippen MR) is 84.6 cm³/mol. The molecule has 100 valence electrons. The number of hydrogen-bond donors (Lipinski definition) is 1. The largest absolute Gasteiger partial charge is 0.323 e. The first-order valence-corrected chi connectivity index (χ1v) is 6.73. The Morgan fingerprint density at radius 1 is 0.667 bits per heavy atom. The second-order valence-electron chi connectivity index (χ2n) is 4.72. The van der Waals surface area contributed by atoms with Crippen molar-refractivity contribution in [3.05, 3.63) is 67.0 Å². The average Bonchev–Trinajstić information content (AvgIpc) is 2.55. The van der Waals surface area contributed by atoms with Crippen LogP contribution in [-0.4, -0.2) is 15.0 Å². The van der Waals surface area contributed by atoms with Crippen LogP contribution in [0.15, 0.2) is 67.0 Å². The predicted octanol–water partition coefficient (Wildman–Crippen LogP) is 3.92. The summed E-state index contributed by atoms with van der Waals surface area (Å²) in [7, 11) is 0. The van der Waals surface area contributed by atoms with Gasteiger partial charge in [-0.25, -0.2) is 15.0 Å². The number of para-hydroxylation sites is 2. The third-order valence-electron chi connectivity index (χ3n) is 3.39. The monoisotopic (exact) mass is 272 g/mol. The van der Waals surface area contributed by atoms with Gasteiger partial charge in [-0.05, 0) is 18.2 Å². The standard InChI is InChI=1S/C17H12N4/c1-3-8-14-12(6-1)16(21-17-18-10-5-11-19-17)13-7-2-4-9-15(13)20-14/h1-11H,(H,18,19,20,21). The third kappa shape index (κ3) is 2.07. The zero-order valence-corrected chi connectivity index (χ0v) is 11.2. The molecule has 4 heteroatoms. The van der Waals surface area contributed by atoms with Gasteiger partial charge in [0.1, 0.15) is 0 Å². The van der Waals surface area contributed by atoms with Gasteiger partial charge >= 0.3 is 0 Å². The van der Waals surface area contributed by atoms with Crippen LogP contribution in [0.25, 0.3) is 21.8 Å². The van der Waals surface area contributed by atoms with E-state index in [9.17, 15) is 0 Å². The summed E-state index contributed by atoms with van der Waals surface area (Å²) in [5.74, 6) is 0.582. The highest BCUT2D eigenvalue weighted by Gasteiger charge is 2.09. The lowest BCUT2D eigenvalue weighted by molar-refractivity contribution is 1.17. The lowest BCUT2D eigenvalue weighted by Gasteiger charge is -2.11.